The van der Waals surface area contributed by atoms with Gasteiger partial charge in [-0.25, -0.2) is 0 Å². The monoisotopic (exact) mass is 522 g/mol. The van der Waals surface area contributed by atoms with Gasteiger partial charge in [-0.2, -0.15) is 0 Å². The Morgan fingerprint density at radius 3 is 2.37 bits per heavy atom. The molecular weight excluding hydrogens is 476 g/mol. The first-order valence-electron chi connectivity index (χ1n) is 14.5. The molecule has 0 aliphatic carbocycles. The summed E-state index contributed by atoms with van der Waals surface area (Å²) >= 11 is 0. The zero-order valence-electron chi connectivity index (χ0n) is 23.4. The summed E-state index contributed by atoms with van der Waals surface area (Å²) < 4.78 is 11.8. The highest BCUT2D eigenvalue weighted by atomic mass is 16.5. The minimum atomic E-state index is -0.645. The topological polar surface area (TPSA) is 51.7 Å². The second-order valence-corrected chi connectivity index (χ2v) is 11.6. The van der Waals surface area contributed by atoms with Crippen LogP contribution in [0.15, 0.2) is 48.5 Å². The lowest BCUT2D eigenvalue weighted by molar-refractivity contribution is 0.00978. The van der Waals surface area contributed by atoms with E-state index in [1.54, 1.807) is 7.11 Å². The number of piperazine rings is 1. The molecule has 0 amide bonds. The normalized spacial score (nSPS) is 24.1. The van der Waals surface area contributed by atoms with Crippen LogP contribution in [-0.4, -0.2) is 105 Å². The van der Waals surface area contributed by atoms with Crippen molar-refractivity contribution in [2.75, 3.05) is 84.1 Å². The largest absolute Gasteiger partial charge is 0.493 e. The summed E-state index contributed by atoms with van der Waals surface area (Å²) in [5, 5.41) is 11.4. The van der Waals surface area contributed by atoms with E-state index in [4.69, 9.17) is 9.47 Å². The van der Waals surface area contributed by atoms with Gasteiger partial charge in [0.1, 0.15) is 6.61 Å². The number of piperidine rings is 1. The van der Waals surface area contributed by atoms with Crippen molar-refractivity contribution >= 4 is 5.69 Å². The number of ether oxygens (including phenoxy) is 2. The maximum absolute atomic E-state index is 11.4. The Balaban J connectivity index is 1.07. The molecule has 7 nitrogen and oxygen atoms in total. The van der Waals surface area contributed by atoms with Crippen LogP contribution in [0.5, 0.6) is 11.5 Å². The molecule has 3 aliphatic rings. The Kier molecular flexibility index (Phi) is 9.10. The number of rotatable bonds is 10. The van der Waals surface area contributed by atoms with E-state index in [0.29, 0.717) is 13.2 Å². The second kappa shape index (κ2) is 12.7. The Morgan fingerprint density at radius 2 is 1.63 bits per heavy atom. The SMILES string of the molecule is COc1cc(CN2CC[C@@](O)(CN3CCN(c4ccccc4)CC3)C2)ccc1OCCN1CCC(C)CC1. The summed E-state index contributed by atoms with van der Waals surface area (Å²) in [7, 11) is 1.71. The molecule has 7 heteroatoms. The zero-order valence-corrected chi connectivity index (χ0v) is 23.4. The summed E-state index contributed by atoms with van der Waals surface area (Å²) in [6, 6.07) is 16.9. The summed E-state index contributed by atoms with van der Waals surface area (Å²) in [4.78, 5) is 9.74. The molecule has 208 valence electrons. The molecule has 0 unspecified atom stereocenters. The quantitative estimate of drug-likeness (QED) is 0.512. The van der Waals surface area contributed by atoms with Crippen LogP contribution in [-0.2, 0) is 6.54 Å². The van der Waals surface area contributed by atoms with Crippen LogP contribution in [0.3, 0.4) is 0 Å². The summed E-state index contributed by atoms with van der Waals surface area (Å²) in [6.45, 7) is 13.5. The average Bonchev–Trinajstić information content (AvgIpc) is 3.31. The van der Waals surface area contributed by atoms with E-state index in [1.807, 2.05) is 6.07 Å². The second-order valence-electron chi connectivity index (χ2n) is 11.6. The molecule has 0 spiro atoms. The van der Waals surface area contributed by atoms with Gasteiger partial charge in [0.05, 0.1) is 12.7 Å². The predicted octanol–water partition coefficient (Wildman–Crippen LogP) is 3.56. The molecule has 38 heavy (non-hydrogen) atoms. The van der Waals surface area contributed by atoms with Crippen molar-refractivity contribution in [3.63, 3.8) is 0 Å². The van der Waals surface area contributed by atoms with E-state index in [1.165, 1.54) is 37.2 Å². The fraction of sp³-hybridized carbons (Fsp3) is 0.613. The molecule has 0 aromatic heterocycles. The van der Waals surface area contributed by atoms with E-state index in [0.717, 1.165) is 76.2 Å². The lowest BCUT2D eigenvalue weighted by Gasteiger charge is -2.39. The number of anilines is 1. The first-order valence-corrected chi connectivity index (χ1v) is 14.5. The molecule has 2 aromatic rings. The Labute approximate surface area is 228 Å². The smallest absolute Gasteiger partial charge is 0.161 e. The summed E-state index contributed by atoms with van der Waals surface area (Å²) in [5.41, 5.74) is 1.84. The van der Waals surface area contributed by atoms with Gasteiger partial charge in [-0.15, -0.1) is 0 Å². The van der Waals surface area contributed by atoms with Gasteiger partial charge in [0, 0.05) is 64.6 Å². The number of para-hydroxylation sites is 1. The molecule has 2 aromatic carbocycles. The Bertz CT molecular complexity index is 1010. The van der Waals surface area contributed by atoms with Crippen LogP contribution in [0.4, 0.5) is 5.69 Å². The zero-order chi connectivity index (χ0) is 26.4. The third kappa shape index (κ3) is 7.20. The average molecular weight is 523 g/mol. The molecule has 3 heterocycles. The number of benzene rings is 2. The van der Waals surface area contributed by atoms with Gasteiger partial charge in [0.25, 0.3) is 0 Å². The fourth-order valence-electron chi connectivity index (χ4n) is 6.18. The minimum Gasteiger partial charge on any atom is -0.493 e. The van der Waals surface area contributed by atoms with E-state index >= 15 is 0 Å². The van der Waals surface area contributed by atoms with Gasteiger partial charge in [-0.3, -0.25) is 14.7 Å². The molecule has 0 radical (unpaired) electrons. The molecular formula is C31H46N4O3. The molecule has 3 fully saturated rings. The lowest BCUT2D eigenvalue weighted by atomic mass is 9.99. The standard InChI is InChI=1S/C31H46N4O3/c1-26-10-13-32(14-11-26)20-21-38-29-9-8-27(22-30(29)37-2)23-34-15-12-31(36,25-34)24-33-16-18-35(19-17-33)28-6-4-3-5-7-28/h3-9,22,26,36H,10-21,23-25H2,1-2H3/t31-/m1/s1. The Morgan fingerprint density at radius 1 is 0.868 bits per heavy atom. The number of likely N-dealkylation sites (tertiary alicyclic amines) is 2. The highest BCUT2D eigenvalue weighted by Crippen LogP contribution is 2.31. The predicted molar refractivity (Wildman–Crippen MR) is 153 cm³/mol. The number of β-amino-alcohol motifs (C(OH)–C–C–N with tert-alkyl or cyclic N) is 1. The van der Waals surface area contributed by atoms with Crippen LogP contribution in [0.2, 0.25) is 0 Å². The van der Waals surface area contributed by atoms with Crippen LogP contribution in [0.25, 0.3) is 0 Å². The molecule has 1 N–H and O–H groups in total. The number of nitrogens with zero attached hydrogens (tertiary/aromatic N) is 4. The number of hydrogen-bond acceptors (Lipinski definition) is 7. The van der Waals surface area contributed by atoms with E-state index < -0.39 is 5.60 Å². The highest BCUT2D eigenvalue weighted by molar-refractivity contribution is 5.46. The molecule has 3 aliphatic heterocycles. The van der Waals surface area contributed by atoms with Crippen molar-refractivity contribution < 1.29 is 14.6 Å². The maximum Gasteiger partial charge on any atom is 0.161 e. The number of aliphatic hydroxyl groups is 1. The maximum atomic E-state index is 11.4. The van der Waals surface area contributed by atoms with Crippen molar-refractivity contribution in [1.82, 2.24) is 14.7 Å². The molecule has 0 saturated carbocycles. The summed E-state index contributed by atoms with van der Waals surface area (Å²) in [5.74, 6) is 2.46. The van der Waals surface area contributed by atoms with Crippen molar-refractivity contribution in [2.24, 2.45) is 5.92 Å². The van der Waals surface area contributed by atoms with Crippen molar-refractivity contribution in [2.45, 2.75) is 38.3 Å². The van der Waals surface area contributed by atoms with Crippen LogP contribution < -0.4 is 14.4 Å². The van der Waals surface area contributed by atoms with Crippen molar-refractivity contribution in [1.29, 1.82) is 0 Å². The van der Waals surface area contributed by atoms with Crippen LogP contribution in [0.1, 0.15) is 31.7 Å². The van der Waals surface area contributed by atoms with Gasteiger partial charge in [-0.05, 0) is 68.1 Å². The lowest BCUT2D eigenvalue weighted by Crippen LogP contribution is -2.52. The van der Waals surface area contributed by atoms with Gasteiger partial charge >= 0.3 is 0 Å². The Hall–Kier alpha value is -2.32. The van der Waals surface area contributed by atoms with Gasteiger partial charge in [0.2, 0.25) is 0 Å². The van der Waals surface area contributed by atoms with Crippen LogP contribution in [0, 0.1) is 5.92 Å². The first kappa shape index (κ1) is 27.3. The fourth-order valence-corrected chi connectivity index (χ4v) is 6.18. The molecule has 5 rings (SSSR count). The molecule has 0 bridgehead atoms. The van der Waals surface area contributed by atoms with E-state index in [2.05, 4.69) is 69.0 Å². The molecule has 3 saturated heterocycles. The number of hydrogen-bond donors (Lipinski definition) is 1. The van der Waals surface area contributed by atoms with Gasteiger partial charge < -0.3 is 19.5 Å². The first-order chi connectivity index (χ1) is 18.5. The summed E-state index contributed by atoms with van der Waals surface area (Å²) in [6.07, 6.45) is 3.39. The third-order valence-electron chi connectivity index (χ3n) is 8.60. The van der Waals surface area contributed by atoms with Crippen LogP contribution >= 0.6 is 0 Å². The highest BCUT2D eigenvalue weighted by Gasteiger charge is 2.38. The number of methoxy groups -OCH3 is 1. The third-order valence-corrected chi connectivity index (χ3v) is 8.60. The van der Waals surface area contributed by atoms with Crippen molar-refractivity contribution in [3.8, 4) is 11.5 Å². The molecule has 1 atom stereocenters. The van der Waals surface area contributed by atoms with E-state index in [9.17, 15) is 5.11 Å². The van der Waals surface area contributed by atoms with E-state index in [-0.39, 0.29) is 0 Å². The van der Waals surface area contributed by atoms with Gasteiger partial charge in [-0.1, -0.05) is 31.2 Å². The van der Waals surface area contributed by atoms with Crippen molar-refractivity contribution in [3.05, 3.63) is 54.1 Å². The minimum absolute atomic E-state index is 0.645. The van der Waals surface area contributed by atoms with Gasteiger partial charge in [0.15, 0.2) is 11.5 Å².